The molecular weight excluding hydrogens is 186 g/mol. The Bertz CT molecular complexity index is 361. The van der Waals surface area contributed by atoms with E-state index in [0.717, 1.165) is 43.9 Å². The molecule has 1 aromatic carbocycles. The molecule has 1 aliphatic heterocycles. The fraction of sp³-hybridized carbons (Fsp3) is 0.417. The first-order valence-electron chi connectivity index (χ1n) is 5.24. The fourth-order valence-electron chi connectivity index (χ4n) is 1.81. The lowest BCUT2D eigenvalue weighted by atomic mass is 10.1. The van der Waals surface area contributed by atoms with E-state index in [-0.39, 0.29) is 0 Å². The topological polar surface area (TPSA) is 41.1 Å². The second-order valence-corrected chi connectivity index (χ2v) is 3.72. The van der Waals surface area contributed by atoms with Crippen molar-refractivity contribution in [2.24, 2.45) is 0 Å². The van der Waals surface area contributed by atoms with Gasteiger partial charge in [0.15, 0.2) is 0 Å². The van der Waals surface area contributed by atoms with Gasteiger partial charge < -0.3 is 0 Å². The molecule has 1 heterocycles. The van der Waals surface area contributed by atoms with Gasteiger partial charge >= 0.3 is 0 Å². The summed E-state index contributed by atoms with van der Waals surface area (Å²) in [5, 5.41) is 13.3. The van der Waals surface area contributed by atoms with Crippen LogP contribution in [0.3, 0.4) is 0 Å². The zero-order valence-corrected chi connectivity index (χ0v) is 8.69. The van der Waals surface area contributed by atoms with Crippen molar-refractivity contribution in [3.05, 3.63) is 35.4 Å². The van der Waals surface area contributed by atoms with Crippen LogP contribution in [0.15, 0.2) is 24.3 Å². The predicted molar refractivity (Wildman–Crippen MR) is 58.3 cm³/mol. The molecule has 0 aliphatic carbocycles. The van der Waals surface area contributed by atoms with E-state index >= 15 is 0 Å². The Hall–Kier alpha value is -1.37. The second kappa shape index (κ2) is 4.92. The molecule has 0 spiro atoms. The third-order valence-corrected chi connectivity index (χ3v) is 2.68. The van der Waals surface area contributed by atoms with E-state index in [0.29, 0.717) is 0 Å². The summed E-state index contributed by atoms with van der Waals surface area (Å²) in [5.41, 5.74) is 1.92. The van der Waals surface area contributed by atoms with E-state index in [2.05, 4.69) is 16.3 Å². The van der Waals surface area contributed by atoms with Crippen LogP contribution in [0, 0.1) is 11.3 Å². The molecule has 0 saturated carbocycles. The van der Waals surface area contributed by atoms with Gasteiger partial charge in [-0.25, -0.2) is 5.32 Å². The lowest BCUT2D eigenvalue weighted by Gasteiger charge is -2.26. The van der Waals surface area contributed by atoms with Crippen molar-refractivity contribution in [1.82, 2.24) is 10.2 Å². The van der Waals surface area contributed by atoms with Crippen LogP contribution < -0.4 is 5.32 Å². The smallest absolute Gasteiger partial charge is 0.0995 e. The summed E-state index contributed by atoms with van der Waals surface area (Å²) in [7, 11) is 0. The highest BCUT2D eigenvalue weighted by Crippen LogP contribution is 2.11. The summed E-state index contributed by atoms with van der Waals surface area (Å²) in [6, 6.07) is 10.0. The largest absolute Gasteiger partial charge is 0.296 e. The molecule has 2 rings (SSSR count). The average Bonchev–Trinajstić information content (AvgIpc) is 2.31. The minimum Gasteiger partial charge on any atom is -0.296 e. The quantitative estimate of drug-likeness (QED) is 0.714. The first-order valence-corrected chi connectivity index (χ1v) is 5.24. The standard InChI is InChI=1S/C12H14N3/c13-9-11-3-1-2-4-12(11)10-15-7-5-14-6-8-15/h1-4H,5-8,10H2. The average molecular weight is 200 g/mol. The zero-order valence-electron chi connectivity index (χ0n) is 8.69. The summed E-state index contributed by atoms with van der Waals surface area (Å²) in [5.74, 6) is 0. The minimum absolute atomic E-state index is 0.792. The van der Waals surface area contributed by atoms with Gasteiger partial charge in [0, 0.05) is 32.7 Å². The summed E-state index contributed by atoms with van der Waals surface area (Å²) in [4.78, 5) is 2.35. The molecule has 1 saturated heterocycles. The molecule has 1 aromatic rings. The Morgan fingerprint density at radius 3 is 2.73 bits per heavy atom. The van der Waals surface area contributed by atoms with Gasteiger partial charge in [0.05, 0.1) is 11.6 Å². The highest BCUT2D eigenvalue weighted by atomic mass is 15.2. The maximum absolute atomic E-state index is 8.96. The monoisotopic (exact) mass is 200 g/mol. The van der Waals surface area contributed by atoms with Crippen LogP contribution in [0.1, 0.15) is 11.1 Å². The van der Waals surface area contributed by atoms with Crippen LogP contribution in [-0.4, -0.2) is 31.1 Å². The van der Waals surface area contributed by atoms with Gasteiger partial charge in [-0.1, -0.05) is 18.2 Å². The van der Waals surface area contributed by atoms with E-state index in [1.165, 1.54) is 0 Å². The normalized spacial score (nSPS) is 17.3. The van der Waals surface area contributed by atoms with Crippen molar-refractivity contribution >= 4 is 0 Å². The number of benzene rings is 1. The van der Waals surface area contributed by atoms with Crippen molar-refractivity contribution in [2.75, 3.05) is 26.2 Å². The highest BCUT2D eigenvalue weighted by Gasteiger charge is 2.11. The first-order chi connectivity index (χ1) is 7.40. The number of nitriles is 1. The molecule has 0 N–H and O–H groups in total. The summed E-state index contributed by atoms with van der Waals surface area (Å²) in [6.07, 6.45) is 0. The van der Waals surface area contributed by atoms with Crippen molar-refractivity contribution < 1.29 is 0 Å². The molecule has 0 bridgehead atoms. The number of rotatable bonds is 2. The van der Waals surface area contributed by atoms with Gasteiger partial charge in [-0.05, 0) is 11.6 Å². The van der Waals surface area contributed by atoms with E-state index in [1.54, 1.807) is 0 Å². The Morgan fingerprint density at radius 2 is 2.00 bits per heavy atom. The Morgan fingerprint density at radius 1 is 1.27 bits per heavy atom. The molecule has 0 unspecified atom stereocenters. The molecule has 0 aromatic heterocycles. The summed E-state index contributed by atoms with van der Waals surface area (Å²) < 4.78 is 0. The van der Waals surface area contributed by atoms with Crippen LogP contribution in [0.2, 0.25) is 0 Å². The van der Waals surface area contributed by atoms with Crippen molar-refractivity contribution in [3.63, 3.8) is 0 Å². The van der Waals surface area contributed by atoms with Gasteiger partial charge in [-0.15, -0.1) is 0 Å². The molecule has 1 radical (unpaired) electrons. The van der Waals surface area contributed by atoms with Gasteiger partial charge in [-0.3, -0.25) is 4.90 Å². The van der Waals surface area contributed by atoms with E-state index in [1.807, 2.05) is 24.3 Å². The van der Waals surface area contributed by atoms with Crippen LogP contribution in [0.25, 0.3) is 0 Å². The zero-order chi connectivity index (χ0) is 10.5. The summed E-state index contributed by atoms with van der Waals surface area (Å²) >= 11 is 0. The molecule has 0 amide bonds. The minimum atomic E-state index is 0.792. The molecular formula is C12H14N3. The van der Waals surface area contributed by atoms with Crippen molar-refractivity contribution in [3.8, 4) is 6.07 Å². The Kier molecular flexibility index (Phi) is 3.33. The third-order valence-electron chi connectivity index (χ3n) is 2.68. The van der Waals surface area contributed by atoms with Crippen LogP contribution in [0.4, 0.5) is 0 Å². The van der Waals surface area contributed by atoms with Crippen LogP contribution in [0.5, 0.6) is 0 Å². The maximum Gasteiger partial charge on any atom is 0.0995 e. The summed E-state index contributed by atoms with van der Waals surface area (Å²) in [6.45, 7) is 4.75. The number of hydrogen-bond donors (Lipinski definition) is 0. The van der Waals surface area contributed by atoms with Gasteiger partial charge in [0.1, 0.15) is 0 Å². The molecule has 3 nitrogen and oxygen atoms in total. The Labute approximate surface area is 90.3 Å². The molecule has 77 valence electrons. The number of piperazine rings is 1. The highest BCUT2D eigenvalue weighted by molar-refractivity contribution is 5.37. The van der Waals surface area contributed by atoms with Crippen LogP contribution in [-0.2, 0) is 6.54 Å². The number of nitrogens with zero attached hydrogens (tertiary/aromatic N) is 3. The predicted octanol–water partition coefficient (Wildman–Crippen LogP) is 0.978. The van der Waals surface area contributed by atoms with E-state index in [4.69, 9.17) is 5.26 Å². The number of hydrogen-bond acceptors (Lipinski definition) is 2. The molecule has 15 heavy (non-hydrogen) atoms. The Balaban J connectivity index is 2.06. The van der Waals surface area contributed by atoms with E-state index in [9.17, 15) is 0 Å². The SMILES string of the molecule is N#Cc1ccccc1CN1CC[N]CC1. The van der Waals surface area contributed by atoms with Crippen molar-refractivity contribution in [2.45, 2.75) is 6.54 Å². The van der Waals surface area contributed by atoms with Crippen LogP contribution >= 0.6 is 0 Å². The van der Waals surface area contributed by atoms with Gasteiger partial charge in [0.2, 0.25) is 0 Å². The van der Waals surface area contributed by atoms with E-state index < -0.39 is 0 Å². The molecule has 0 atom stereocenters. The lowest BCUT2D eigenvalue weighted by Crippen LogP contribution is -2.39. The lowest BCUT2D eigenvalue weighted by molar-refractivity contribution is 0.230. The van der Waals surface area contributed by atoms with Crippen molar-refractivity contribution in [1.29, 1.82) is 5.26 Å². The molecule has 1 aliphatic rings. The maximum atomic E-state index is 8.96. The first kappa shape index (κ1) is 10.2. The second-order valence-electron chi connectivity index (χ2n) is 3.72. The fourth-order valence-corrected chi connectivity index (χ4v) is 1.81. The van der Waals surface area contributed by atoms with Gasteiger partial charge in [-0.2, -0.15) is 5.26 Å². The third kappa shape index (κ3) is 2.56. The molecule has 1 fully saturated rings. The van der Waals surface area contributed by atoms with Gasteiger partial charge in [0.25, 0.3) is 0 Å². The molecule has 3 heteroatoms.